The number of hydrogen-bond acceptors (Lipinski definition) is 4. The Morgan fingerprint density at radius 1 is 1.31 bits per heavy atom. The number of aromatic nitrogens is 1. The molecule has 0 aromatic carbocycles. The van der Waals surface area contributed by atoms with E-state index in [-0.39, 0.29) is 17.7 Å². The highest BCUT2D eigenvalue weighted by Crippen LogP contribution is 2.30. The van der Waals surface area contributed by atoms with Gasteiger partial charge in [-0.15, -0.1) is 11.3 Å². The number of fused-ring (bicyclic) bond motifs is 1. The summed E-state index contributed by atoms with van der Waals surface area (Å²) in [6, 6.07) is 5.67. The maximum Gasteiger partial charge on any atom is 0.225 e. The summed E-state index contributed by atoms with van der Waals surface area (Å²) in [6.45, 7) is 1.53. The fourth-order valence-electron chi connectivity index (χ4n) is 3.82. The summed E-state index contributed by atoms with van der Waals surface area (Å²) in [4.78, 5) is 32.3. The van der Waals surface area contributed by atoms with Crippen LogP contribution in [0, 0.1) is 5.92 Å². The molecule has 0 bridgehead atoms. The highest BCUT2D eigenvalue weighted by atomic mass is 32.1. The van der Waals surface area contributed by atoms with Crippen LogP contribution in [0.15, 0.2) is 29.8 Å². The third kappa shape index (κ3) is 3.65. The maximum atomic E-state index is 12.5. The molecule has 0 spiro atoms. The van der Waals surface area contributed by atoms with E-state index in [0.29, 0.717) is 26.1 Å². The van der Waals surface area contributed by atoms with Crippen LogP contribution in [0.3, 0.4) is 0 Å². The topological polar surface area (TPSA) is 62.3 Å². The van der Waals surface area contributed by atoms with Gasteiger partial charge in [-0.1, -0.05) is 6.07 Å². The quantitative estimate of drug-likeness (QED) is 0.881. The molecule has 1 fully saturated rings. The molecule has 26 heavy (non-hydrogen) atoms. The molecule has 2 aromatic heterocycles. The number of carbonyl (C=O) groups excluding carboxylic acids is 2. The lowest BCUT2D eigenvalue weighted by Crippen LogP contribution is -2.32. The predicted molar refractivity (Wildman–Crippen MR) is 101 cm³/mol. The predicted octanol–water partition coefficient (Wildman–Crippen LogP) is 2.69. The summed E-state index contributed by atoms with van der Waals surface area (Å²) >= 11 is 1.82. The van der Waals surface area contributed by atoms with Crippen LogP contribution < -0.4 is 5.32 Å². The van der Waals surface area contributed by atoms with Gasteiger partial charge < -0.3 is 10.2 Å². The van der Waals surface area contributed by atoms with Crippen LogP contribution in [0.2, 0.25) is 0 Å². The van der Waals surface area contributed by atoms with E-state index in [9.17, 15) is 9.59 Å². The van der Waals surface area contributed by atoms with Crippen molar-refractivity contribution in [3.05, 3.63) is 51.5 Å². The summed E-state index contributed by atoms with van der Waals surface area (Å²) in [7, 11) is 0. The number of amides is 2. The van der Waals surface area contributed by atoms with Crippen molar-refractivity contribution in [3.63, 3.8) is 0 Å². The fourth-order valence-corrected chi connectivity index (χ4v) is 4.97. The zero-order valence-electron chi connectivity index (χ0n) is 14.7. The lowest BCUT2D eigenvalue weighted by molar-refractivity contribution is -0.129. The number of nitrogens with one attached hydrogen (secondary N) is 1. The van der Waals surface area contributed by atoms with Crippen LogP contribution in [0.1, 0.15) is 41.0 Å². The van der Waals surface area contributed by atoms with Gasteiger partial charge in [0.15, 0.2) is 0 Å². The highest BCUT2D eigenvalue weighted by Gasteiger charge is 2.34. The maximum absolute atomic E-state index is 12.5. The lowest BCUT2D eigenvalue weighted by Gasteiger charge is -2.16. The van der Waals surface area contributed by atoms with Gasteiger partial charge in [-0.2, -0.15) is 0 Å². The molecular weight excluding hydrogens is 346 g/mol. The Balaban J connectivity index is 1.33. The summed E-state index contributed by atoms with van der Waals surface area (Å²) in [5.41, 5.74) is 3.56. The van der Waals surface area contributed by atoms with Gasteiger partial charge in [-0.25, -0.2) is 0 Å². The molecule has 1 aliphatic heterocycles. The molecule has 2 aliphatic rings. The molecular formula is C20H23N3O2S. The third-order valence-electron chi connectivity index (χ3n) is 5.27. The van der Waals surface area contributed by atoms with Crippen molar-refractivity contribution in [1.82, 2.24) is 15.2 Å². The number of aryl methyl sites for hydroxylation is 1. The van der Waals surface area contributed by atoms with Gasteiger partial charge >= 0.3 is 0 Å². The minimum atomic E-state index is -0.263. The Bertz CT molecular complexity index is 803. The van der Waals surface area contributed by atoms with Gasteiger partial charge in [0.25, 0.3) is 0 Å². The zero-order valence-corrected chi connectivity index (χ0v) is 15.6. The molecule has 1 atom stereocenters. The van der Waals surface area contributed by atoms with Gasteiger partial charge in [0.2, 0.25) is 11.8 Å². The molecule has 1 aliphatic carbocycles. The SMILES string of the molecule is O=C(NCc1csc2c1CCCC2)[C@@H]1CC(=O)N(Cc2ccccn2)C1. The second kappa shape index (κ2) is 7.58. The van der Waals surface area contributed by atoms with E-state index in [2.05, 4.69) is 15.7 Å². The fraction of sp³-hybridized carbons (Fsp3) is 0.450. The second-order valence-corrected chi connectivity index (χ2v) is 8.05. The number of rotatable bonds is 5. The molecule has 6 heteroatoms. The lowest BCUT2D eigenvalue weighted by atomic mass is 9.96. The Kier molecular flexibility index (Phi) is 5.02. The minimum Gasteiger partial charge on any atom is -0.352 e. The van der Waals surface area contributed by atoms with E-state index in [4.69, 9.17) is 0 Å². The Morgan fingerprint density at radius 3 is 3.04 bits per heavy atom. The Hall–Kier alpha value is -2.21. The Labute approximate surface area is 157 Å². The molecule has 1 N–H and O–H groups in total. The van der Waals surface area contributed by atoms with E-state index < -0.39 is 0 Å². The molecule has 2 aromatic rings. The first-order valence-electron chi connectivity index (χ1n) is 9.24. The third-order valence-corrected chi connectivity index (χ3v) is 6.40. The molecule has 4 rings (SSSR count). The van der Waals surface area contributed by atoms with Crippen molar-refractivity contribution in [2.45, 2.75) is 45.2 Å². The minimum absolute atomic E-state index is 0.0161. The molecule has 0 saturated carbocycles. The number of likely N-dealkylation sites (tertiary alicyclic amines) is 1. The van der Waals surface area contributed by atoms with E-state index in [1.54, 1.807) is 11.1 Å². The van der Waals surface area contributed by atoms with Crippen molar-refractivity contribution in [2.24, 2.45) is 5.92 Å². The number of carbonyl (C=O) groups is 2. The average Bonchev–Trinajstić information content (AvgIpc) is 3.24. The summed E-state index contributed by atoms with van der Waals surface area (Å²) < 4.78 is 0. The average molecular weight is 369 g/mol. The van der Waals surface area contributed by atoms with Gasteiger partial charge in [0, 0.05) is 30.6 Å². The van der Waals surface area contributed by atoms with Crippen LogP contribution >= 0.6 is 11.3 Å². The van der Waals surface area contributed by atoms with Crippen molar-refractivity contribution in [3.8, 4) is 0 Å². The van der Waals surface area contributed by atoms with Crippen LogP contribution in [-0.4, -0.2) is 28.2 Å². The first kappa shape index (κ1) is 17.2. The summed E-state index contributed by atoms with van der Waals surface area (Å²) in [6.07, 6.45) is 6.83. The molecule has 0 unspecified atom stereocenters. The first-order chi connectivity index (χ1) is 12.7. The number of pyridine rings is 1. The van der Waals surface area contributed by atoms with Crippen molar-refractivity contribution in [1.29, 1.82) is 0 Å². The normalized spacial score (nSPS) is 19.5. The molecule has 0 radical (unpaired) electrons. The van der Waals surface area contributed by atoms with Crippen molar-refractivity contribution < 1.29 is 9.59 Å². The van der Waals surface area contributed by atoms with Crippen LogP contribution in [0.5, 0.6) is 0 Å². The molecule has 1 saturated heterocycles. The zero-order chi connectivity index (χ0) is 17.9. The van der Waals surface area contributed by atoms with Gasteiger partial charge in [-0.05, 0) is 54.3 Å². The summed E-state index contributed by atoms with van der Waals surface area (Å²) in [5, 5.41) is 5.24. The largest absolute Gasteiger partial charge is 0.352 e. The number of hydrogen-bond donors (Lipinski definition) is 1. The monoisotopic (exact) mass is 369 g/mol. The van der Waals surface area contributed by atoms with Crippen molar-refractivity contribution in [2.75, 3.05) is 6.54 Å². The van der Waals surface area contributed by atoms with E-state index in [1.165, 1.54) is 35.3 Å². The van der Waals surface area contributed by atoms with Gasteiger partial charge in [-0.3, -0.25) is 14.6 Å². The molecule has 2 amide bonds. The molecule has 3 heterocycles. The molecule has 5 nitrogen and oxygen atoms in total. The number of nitrogens with zero attached hydrogens (tertiary/aromatic N) is 2. The van der Waals surface area contributed by atoms with E-state index >= 15 is 0 Å². The van der Waals surface area contributed by atoms with Crippen LogP contribution in [0.4, 0.5) is 0 Å². The number of thiophene rings is 1. The van der Waals surface area contributed by atoms with Crippen LogP contribution in [-0.2, 0) is 35.5 Å². The summed E-state index contributed by atoms with van der Waals surface area (Å²) in [5.74, 6) is -0.248. The van der Waals surface area contributed by atoms with Gasteiger partial charge in [0.05, 0.1) is 18.2 Å². The van der Waals surface area contributed by atoms with E-state index in [1.807, 2.05) is 29.5 Å². The van der Waals surface area contributed by atoms with Gasteiger partial charge in [0.1, 0.15) is 0 Å². The second-order valence-electron chi connectivity index (χ2n) is 7.08. The van der Waals surface area contributed by atoms with Crippen molar-refractivity contribution >= 4 is 23.2 Å². The Morgan fingerprint density at radius 2 is 2.19 bits per heavy atom. The standard InChI is InChI=1S/C20H23N3O2S/c24-19-9-14(11-23(19)12-16-5-3-4-8-21-16)20(25)22-10-15-13-26-18-7-2-1-6-17(15)18/h3-5,8,13-14H,1-2,6-7,9-12H2,(H,22,25)/t14-/m1/s1. The molecule has 136 valence electrons. The first-order valence-corrected chi connectivity index (χ1v) is 10.1. The van der Waals surface area contributed by atoms with Crippen LogP contribution in [0.25, 0.3) is 0 Å². The van der Waals surface area contributed by atoms with E-state index in [0.717, 1.165) is 12.1 Å². The smallest absolute Gasteiger partial charge is 0.225 e. The highest BCUT2D eigenvalue weighted by molar-refractivity contribution is 7.10.